The third kappa shape index (κ3) is 4.42. The van der Waals surface area contributed by atoms with Gasteiger partial charge in [0.25, 0.3) is 0 Å². The first kappa shape index (κ1) is 27.3. The van der Waals surface area contributed by atoms with E-state index in [1.807, 2.05) is 0 Å². The SMILES string of the molecule is C=C1/C(=C\C(=NC)OCc2cc(-c3cc(F)c(OCC[C@@H](O)CO)cc3C)c(Cl)cc2F)C2[C@@H]3[C@H]1[C@@]23C(=O)O. The zero-order valence-electron chi connectivity index (χ0n) is 21.4. The first-order valence-electron chi connectivity index (χ1n) is 12.5. The molecule has 4 aliphatic carbocycles. The van der Waals surface area contributed by atoms with Crippen molar-refractivity contribution in [1.29, 1.82) is 0 Å². The predicted octanol–water partition coefficient (Wildman–Crippen LogP) is 4.70. The molecule has 2 aromatic carbocycles. The summed E-state index contributed by atoms with van der Waals surface area (Å²) < 4.78 is 40.8. The molecule has 10 heteroatoms. The minimum Gasteiger partial charge on any atom is -0.490 e. The average molecular weight is 560 g/mol. The number of fused-ring (bicyclic) bond motifs is 1. The van der Waals surface area contributed by atoms with Gasteiger partial charge in [0.05, 0.1) is 29.8 Å². The van der Waals surface area contributed by atoms with E-state index in [1.165, 1.54) is 25.2 Å². The van der Waals surface area contributed by atoms with Crippen molar-refractivity contribution in [1.82, 2.24) is 0 Å². The molecule has 4 aliphatic rings. The number of benzene rings is 2. The second-order valence-electron chi connectivity index (χ2n) is 10.2. The second kappa shape index (κ2) is 10.0. The number of carbonyl (C=O) groups is 1. The number of carboxylic acid groups (broad SMARTS) is 1. The molecule has 3 N–H and O–H groups in total. The van der Waals surface area contributed by atoms with Crippen molar-refractivity contribution in [3.05, 3.63) is 75.9 Å². The summed E-state index contributed by atoms with van der Waals surface area (Å²) in [6.45, 7) is 5.21. The summed E-state index contributed by atoms with van der Waals surface area (Å²) in [5.74, 6) is -1.84. The largest absolute Gasteiger partial charge is 0.490 e. The van der Waals surface area contributed by atoms with E-state index in [9.17, 15) is 23.8 Å². The Bertz CT molecular complexity index is 1440. The summed E-state index contributed by atoms with van der Waals surface area (Å²) in [5, 5.41) is 28.0. The number of nitrogens with zero attached hydrogens (tertiary/aromatic N) is 1. The van der Waals surface area contributed by atoms with Crippen LogP contribution in [0.2, 0.25) is 5.02 Å². The molecule has 0 radical (unpaired) electrons. The van der Waals surface area contributed by atoms with Crippen LogP contribution < -0.4 is 4.74 Å². The van der Waals surface area contributed by atoms with Crippen LogP contribution in [0.4, 0.5) is 8.78 Å². The summed E-state index contributed by atoms with van der Waals surface area (Å²) in [6.07, 6.45) is 0.871. The molecule has 1 unspecified atom stereocenters. The number of aliphatic carboxylic acids is 1. The molecular formula is C29H28ClF2NO6. The number of rotatable bonds is 10. The minimum absolute atomic E-state index is 0.0143. The summed E-state index contributed by atoms with van der Waals surface area (Å²) >= 11 is 6.34. The maximum absolute atomic E-state index is 14.8. The fourth-order valence-electron chi connectivity index (χ4n) is 5.88. The average Bonchev–Trinajstić information content (AvgIpc) is 3.71. The van der Waals surface area contributed by atoms with E-state index in [4.69, 9.17) is 26.2 Å². The molecule has 6 rings (SSSR count). The van der Waals surface area contributed by atoms with Crippen LogP contribution in [0.3, 0.4) is 0 Å². The van der Waals surface area contributed by atoms with E-state index in [0.29, 0.717) is 16.7 Å². The highest BCUT2D eigenvalue weighted by molar-refractivity contribution is 6.33. The van der Waals surface area contributed by atoms with Crippen LogP contribution >= 0.6 is 11.6 Å². The fourth-order valence-corrected chi connectivity index (χ4v) is 6.13. The lowest BCUT2D eigenvalue weighted by atomic mass is 9.98. The molecule has 39 heavy (non-hydrogen) atoms. The summed E-state index contributed by atoms with van der Waals surface area (Å²) in [6, 6.07) is 5.37. The van der Waals surface area contributed by atoms with Crippen LogP contribution in [0.1, 0.15) is 17.5 Å². The molecule has 4 saturated carbocycles. The number of carboxylic acids is 1. The summed E-state index contributed by atoms with van der Waals surface area (Å²) in [5.41, 5.74) is 2.57. The number of aryl methyl sites for hydroxylation is 1. The molecule has 2 bridgehead atoms. The number of halogens is 3. The predicted molar refractivity (Wildman–Crippen MR) is 141 cm³/mol. The third-order valence-corrected chi connectivity index (χ3v) is 8.34. The minimum atomic E-state index is -0.952. The molecule has 2 aromatic rings. The van der Waals surface area contributed by atoms with E-state index in [1.54, 1.807) is 13.0 Å². The van der Waals surface area contributed by atoms with Gasteiger partial charge in [0.1, 0.15) is 12.4 Å². The molecule has 0 saturated heterocycles. The first-order chi connectivity index (χ1) is 18.6. The highest BCUT2D eigenvalue weighted by Crippen LogP contribution is 2.94. The Labute approximate surface area is 229 Å². The molecule has 0 aromatic heterocycles. The number of aliphatic imine (C=N–C) groups is 1. The van der Waals surface area contributed by atoms with Crippen molar-refractivity contribution in [3.8, 4) is 16.9 Å². The lowest BCUT2D eigenvalue weighted by Gasteiger charge is -2.15. The number of hydrogen-bond acceptors (Lipinski definition) is 6. The van der Waals surface area contributed by atoms with Crippen LogP contribution in [-0.2, 0) is 16.1 Å². The second-order valence-corrected chi connectivity index (χ2v) is 10.6. The van der Waals surface area contributed by atoms with Crippen molar-refractivity contribution >= 4 is 23.5 Å². The lowest BCUT2D eigenvalue weighted by molar-refractivity contribution is -0.141. The molecule has 0 heterocycles. The highest BCUT2D eigenvalue weighted by atomic mass is 35.5. The molecular weight excluding hydrogens is 532 g/mol. The van der Waals surface area contributed by atoms with Crippen LogP contribution in [-0.4, -0.2) is 53.6 Å². The van der Waals surface area contributed by atoms with Crippen LogP contribution in [0.25, 0.3) is 11.1 Å². The number of allylic oxidation sites excluding steroid dienone is 2. The van der Waals surface area contributed by atoms with E-state index < -0.39 is 35.7 Å². The fraction of sp³-hybridized carbons (Fsp3) is 0.379. The normalized spacial score (nSPS) is 26.4. The Morgan fingerprint density at radius 3 is 2.59 bits per heavy atom. The summed E-state index contributed by atoms with van der Waals surface area (Å²) in [7, 11) is 1.53. The van der Waals surface area contributed by atoms with E-state index in [-0.39, 0.29) is 59.6 Å². The molecule has 0 amide bonds. The zero-order valence-corrected chi connectivity index (χ0v) is 22.1. The Morgan fingerprint density at radius 2 is 1.97 bits per heavy atom. The maximum atomic E-state index is 14.8. The van der Waals surface area contributed by atoms with E-state index in [0.717, 1.165) is 17.2 Å². The Kier molecular flexibility index (Phi) is 7.03. The zero-order chi connectivity index (χ0) is 28.2. The van der Waals surface area contributed by atoms with Gasteiger partial charge < -0.3 is 24.8 Å². The van der Waals surface area contributed by atoms with Crippen molar-refractivity contribution in [2.24, 2.45) is 28.2 Å². The highest BCUT2D eigenvalue weighted by Gasteiger charge is 2.96. The van der Waals surface area contributed by atoms with Gasteiger partial charge in [-0.15, -0.1) is 0 Å². The maximum Gasteiger partial charge on any atom is 0.311 e. The summed E-state index contributed by atoms with van der Waals surface area (Å²) in [4.78, 5) is 15.8. The third-order valence-electron chi connectivity index (χ3n) is 8.03. The Morgan fingerprint density at radius 1 is 1.23 bits per heavy atom. The van der Waals surface area contributed by atoms with E-state index >= 15 is 0 Å². The quantitative estimate of drug-likeness (QED) is 0.287. The Hall–Kier alpha value is -3.27. The molecule has 5 atom stereocenters. The number of ether oxygens (including phenoxy) is 2. The van der Waals surface area contributed by atoms with Crippen LogP contribution in [0.5, 0.6) is 5.75 Å². The van der Waals surface area contributed by atoms with Crippen molar-refractivity contribution in [2.75, 3.05) is 20.3 Å². The lowest BCUT2D eigenvalue weighted by Crippen LogP contribution is -2.16. The van der Waals surface area contributed by atoms with Gasteiger partial charge in [0.2, 0.25) is 5.90 Å². The molecule has 7 nitrogen and oxygen atoms in total. The topological polar surface area (TPSA) is 109 Å². The monoisotopic (exact) mass is 559 g/mol. The van der Waals surface area contributed by atoms with Gasteiger partial charge in [-0.05, 0) is 59.4 Å². The molecule has 0 spiro atoms. The standard InChI is InChI=1S/C29H28ClF2NO6/c1-13-6-23(38-5-4-16(35)11-34)22(32)8-17(13)19-7-15(21(31)10-20(19)30)12-39-24(33-3)9-18-14(2)25-27-26(18)29(25,27)28(36)37/h6-10,16,25-27,34-35H,2,4-5,11-12H2,1,3H3,(H,36,37)/b18-9+,33-24?/t16-,25+,26?,27+,29-/m1/s1. The van der Waals surface area contributed by atoms with Gasteiger partial charge in [-0.1, -0.05) is 18.2 Å². The number of hydrogen-bond donors (Lipinski definition) is 3. The number of aliphatic hydroxyl groups is 2. The van der Waals surface area contributed by atoms with Gasteiger partial charge in [-0.2, -0.15) is 0 Å². The van der Waals surface area contributed by atoms with Gasteiger partial charge >= 0.3 is 5.97 Å². The van der Waals surface area contributed by atoms with Crippen LogP contribution in [0.15, 0.2) is 53.1 Å². The molecule has 206 valence electrons. The van der Waals surface area contributed by atoms with Gasteiger partial charge in [-0.3, -0.25) is 9.79 Å². The Balaban J connectivity index is 1.32. The number of aliphatic hydroxyl groups excluding tert-OH is 2. The van der Waals surface area contributed by atoms with Gasteiger partial charge in [-0.25, -0.2) is 8.78 Å². The first-order valence-corrected chi connectivity index (χ1v) is 12.9. The van der Waals surface area contributed by atoms with E-state index in [2.05, 4.69) is 11.6 Å². The molecule has 0 aliphatic heterocycles. The smallest absolute Gasteiger partial charge is 0.311 e. The van der Waals surface area contributed by atoms with Crippen molar-refractivity contribution in [2.45, 2.75) is 26.1 Å². The van der Waals surface area contributed by atoms with Crippen molar-refractivity contribution < 1.29 is 38.4 Å². The molecule has 4 fully saturated rings. The van der Waals surface area contributed by atoms with Crippen molar-refractivity contribution in [3.63, 3.8) is 0 Å². The van der Waals surface area contributed by atoms with Gasteiger partial charge in [0, 0.05) is 42.5 Å². The van der Waals surface area contributed by atoms with Crippen LogP contribution in [0, 0.1) is 41.7 Å². The van der Waals surface area contributed by atoms with Gasteiger partial charge in [0.15, 0.2) is 11.6 Å².